The fourth-order valence-electron chi connectivity index (χ4n) is 0.923. The van der Waals surface area contributed by atoms with E-state index in [0.717, 1.165) is 0 Å². The molecule has 0 aliphatic heterocycles. The van der Waals surface area contributed by atoms with Gasteiger partial charge in [0.1, 0.15) is 6.10 Å². The van der Waals surface area contributed by atoms with Crippen LogP contribution >= 0.6 is 0 Å². The van der Waals surface area contributed by atoms with Crippen molar-refractivity contribution in [2.24, 2.45) is 0 Å². The van der Waals surface area contributed by atoms with E-state index in [1.807, 2.05) is 0 Å². The molecular weight excluding hydrogens is 228 g/mol. The van der Waals surface area contributed by atoms with Gasteiger partial charge in [-0.25, -0.2) is 4.79 Å². The zero-order chi connectivity index (χ0) is 13.4. The van der Waals surface area contributed by atoms with Crippen LogP contribution in [0.25, 0.3) is 0 Å². The third-order valence-electron chi connectivity index (χ3n) is 2.15. The van der Waals surface area contributed by atoms with Gasteiger partial charge in [0.25, 0.3) is 11.6 Å². The molecule has 1 unspecified atom stereocenters. The first-order valence-corrected chi connectivity index (χ1v) is 4.18. The molecule has 0 heterocycles. The van der Waals surface area contributed by atoms with Crippen LogP contribution in [-0.2, 0) is 4.79 Å². The molecule has 0 spiro atoms. The van der Waals surface area contributed by atoms with Crippen molar-refractivity contribution in [3.8, 4) is 0 Å². The van der Waals surface area contributed by atoms with E-state index < -0.39 is 35.9 Å². The van der Waals surface area contributed by atoms with Crippen molar-refractivity contribution < 1.29 is 45.6 Å². The second-order valence-electron chi connectivity index (χ2n) is 3.30. The van der Waals surface area contributed by atoms with E-state index in [1.165, 1.54) is 6.92 Å². The van der Waals surface area contributed by atoms with Crippen molar-refractivity contribution in [1.29, 1.82) is 0 Å². The Morgan fingerprint density at radius 3 is 1.75 bits per heavy atom. The summed E-state index contributed by atoms with van der Waals surface area (Å²) in [4.78, 5) is 10.3. The Morgan fingerprint density at radius 1 is 1.12 bits per heavy atom. The summed E-state index contributed by atoms with van der Waals surface area (Å²) in [7, 11) is 0. The second-order valence-corrected chi connectivity index (χ2v) is 3.30. The molecule has 0 bridgehead atoms. The Bertz CT molecular complexity index is 269. The highest BCUT2D eigenvalue weighted by molar-refractivity contribution is 5.76. The van der Waals surface area contributed by atoms with Crippen molar-refractivity contribution in [1.82, 2.24) is 0 Å². The minimum absolute atomic E-state index is 0.411. The Kier molecular flexibility index (Phi) is 4.01. The maximum atomic E-state index is 10.3. The van der Waals surface area contributed by atoms with E-state index in [0.29, 0.717) is 0 Å². The Morgan fingerprint density at radius 2 is 1.50 bits per heavy atom. The smallest absolute Gasteiger partial charge is 0.370 e. The molecule has 0 aliphatic carbocycles. The SMILES string of the molecule is CCC(O)C(O)(O)C(O)(O)C(O)(O)C(=O)O. The van der Waals surface area contributed by atoms with Crippen LogP contribution in [0.1, 0.15) is 13.3 Å². The Hall–Kier alpha value is -0.810. The maximum Gasteiger partial charge on any atom is 0.370 e. The van der Waals surface area contributed by atoms with E-state index >= 15 is 0 Å². The summed E-state index contributed by atoms with van der Waals surface area (Å²) in [6, 6.07) is 0. The molecule has 16 heavy (non-hydrogen) atoms. The Balaban J connectivity index is 5.42. The summed E-state index contributed by atoms with van der Waals surface area (Å²) in [5.74, 6) is -14.9. The first-order chi connectivity index (χ1) is 6.92. The second kappa shape index (κ2) is 4.22. The van der Waals surface area contributed by atoms with Gasteiger partial charge in [0, 0.05) is 0 Å². The molecule has 0 aliphatic rings. The molecular formula is C7H14O9. The van der Waals surface area contributed by atoms with Gasteiger partial charge >= 0.3 is 11.8 Å². The summed E-state index contributed by atoms with van der Waals surface area (Å²) < 4.78 is 0. The summed E-state index contributed by atoms with van der Waals surface area (Å²) in [5.41, 5.74) is 0. The van der Waals surface area contributed by atoms with Gasteiger partial charge in [-0.15, -0.1) is 0 Å². The lowest BCUT2D eigenvalue weighted by molar-refractivity contribution is -0.456. The predicted molar refractivity (Wildman–Crippen MR) is 45.4 cm³/mol. The number of aliphatic hydroxyl groups is 7. The van der Waals surface area contributed by atoms with Crippen molar-refractivity contribution in [2.75, 3.05) is 0 Å². The van der Waals surface area contributed by atoms with E-state index in [2.05, 4.69) is 0 Å². The predicted octanol–water partition coefficient (Wildman–Crippen LogP) is -4.12. The average molecular weight is 242 g/mol. The fourth-order valence-corrected chi connectivity index (χ4v) is 0.923. The number of hydrogen-bond donors (Lipinski definition) is 8. The molecule has 8 N–H and O–H groups in total. The van der Waals surface area contributed by atoms with Gasteiger partial charge in [0.2, 0.25) is 0 Å². The number of carboxylic acids is 1. The third kappa shape index (κ3) is 2.01. The summed E-state index contributed by atoms with van der Waals surface area (Å²) in [6.45, 7) is 1.21. The van der Waals surface area contributed by atoms with Crippen LogP contribution < -0.4 is 0 Å². The van der Waals surface area contributed by atoms with Crippen molar-refractivity contribution in [3.05, 3.63) is 0 Å². The number of rotatable bonds is 5. The standard InChI is InChI=1S/C7H14O9/c1-2-3(8)5(11,12)7(15,16)6(13,14)4(9)10/h3,8,11-16H,2H2,1H3,(H,9,10). The first-order valence-electron chi connectivity index (χ1n) is 4.18. The molecule has 0 rings (SSSR count). The van der Waals surface area contributed by atoms with Crippen LogP contribution in [0.5, 0.6) is 0 Å². The quantitative estimate of drug-likeness (QED) is 0.222. The molecule has 0 aromatic heterocycles. The van der Waals surface area contributed by atoms with Crippen LogP contribution in [0, 0.1) is 0 Å². The molecule has 0 amide bonds. The van der Waals surface area contributed by atoms with Crippen molar-refractivity contribution in [2.45, 2.75) is 36.8 Å². The normalized spacial score (nSPS) is 16.0. The average Bonchev–Trinajstić information content (AvgIpc) is 2.15. The van der Waals surface area contributed by atoms with Gasteiger partial charge in [-0.3, -0.25) is 0 Å². The highest BCUT2D eigenvalue weighted by Gasteiger charge is 2.68. The fraction of sp³-hybridized carbons (Fsp3) is 0.857. The van der Waals surface area contributed by atoms with E-state index in [4.69, 9.17) is 40.9 Å². The first kappa shape index (κ1) is 15.2. The monoisotopic (exact) mass is 242 g/mol. The summed E-state index contributed by atoms with van der Waals surface area (Å²) in [6.07, 6.45) is -2.62. The lowest BCUT2D eigenvalue weighted by Gasteiger charge is -2.42. The van der Waals surface area contributed by atoms with Gasteiger partial charge in [0.05, 0.1) is 0 Å². The van der Waals surface area contributed by atoms with Gasteiger partial charge in [0.15, 0.2) is 0 Å². The zero-order valence-corrected chi connectivity index (χ0v) is 8.27. The van der Waals surface area contributed by atoms with Crippen LogP contribution in [0.4, 0.5) is 0 Å². The molecule has 9 heteroatoms. The molecule has 0 fully saturated rings. The molecule has 0 aromatic carbocycles. The van der Waals surface area contributed by atoms with Gasteiger partial charge in [-0.05, 0) is 6.42 Å². The number of hydrogen-bond acceptors (Lipinski definition) is 8. The summed E-state index contributed by atoms with van der Waals surface area (Å²) in [5, 5.41) is 71.3. The molecule has 96 valence electrons. The molecule has 0 saturated heterocycles. The molecule has 1 atom stereocenters. The van der Waals surface area contributed by atoms with E-state index in [9.17, 15) is 4.79 Å². The van der Waals surface area contributed by atoms with E-state index in [-0.39, 0.29) is 0 Å². The topological polar surface area (TPSA) is 179 Å². The molecule has 9 nitrogen and oxygen atoms in total. The minimum atomic E-state index is -4.29. The zero-order valence-electron chi connectivity index (χ0n) is 8.27. The number of aliphatic carboxylic acids is 1. The minimum Gasteiger partial charge on any atom is -0.477 e. The lowest BCUT2D eigenvalue weighted by atomic mass is 9.91. The molecule has 0 radical (unpaired) electrons. The van der Waals surface area contributed by atoms with Crippen LogP contribution in [0.2, 0.25) is 0 Å². The molecule has 0 saturated carbocycles. The number of carboxylic acid groups (broad SMARTS) is 1. The van der Waals surface area contributed by atoms with Crippen molar-refractivity contribution in [3.63, 3.8) is 0 Å². The summed E-state index contributed by atoms with van der Waals surface area (Å²) >= 11 is 0. The van der Waals surface area contributed by atoms with Gasteiger partial charge < -0.3 is 40.9 Å². The van der Waals surface area contributed by atoms with Crippen LogP contribution in [0.15, 0.2) is 0 Å². The third-order valence-corrected chi connectivity index (χ3v) is 2.15. The van der Waals surface area contributed by atoms with Crippen molar-refractivity contribution >= 4 is 5.97 Å². The largest absolute Gasteiger partial charge is 0.477 e. The van der Waals surface area contributed by atoms with Gasteiger partial charge in [-0.1, -0.05) is 6.92 Å². The van der Waals surface area contributed by atoms with Crippen LogP contribution in [0.3, 0.4) is 0 Å². The number of carbonyl (C=O) groups is 1. The molecule has 0 aromatic rings. The van der Waals surface area contributed by atoms with E-state index in [1.54, 1.807) is 0 Å². The van der Waals surface area contributed by atoms with Crippen LogP contribution in [-0.4, -0.2) is 70.3 Å². The lowest BCUT2D eigenvalue weighted by Crippen LogP contribution is -2.74. The Labute approximate surface area is 89.4 Å². The van der Waals surface area contributed by atoms with Gasteiger partial charge in [-0.2, -0.15) is 0 Å². The maximum absolute atomic E-state index is 10.3. The number of aliphatic hydroxyl groups excluding tert-OH is 1. The highest BCUT2D eigenvalue weighted by atomic mass is 16.7. The highest BCUT2D eigenvalue weighted by Crippen LogP contribution is 2.31.